The Hall–Kier alpha value is -2.37. The number of anilines is 3. The molecule has 0 aliphatic rings. The van der Waals surface area contributed by atoms with Crippen LogP contribution in [0.1, 0.15) is 25.0 Å². The fourth-order valence-electron chi connectivity index (χ4n) is 1.70. The van der Waals surface area contributed by atoms with Gasteiger partial charge in [0.25, 0.3) is 0 Å². The van der Waals surface area contributed by atoms with Gasteiger partial charge < -0.3 is 15.8 Å². The molecule has 0 spiro atoms. The Bertz CT molecular complexity index is 613. The highest BCUT2D eigenvalue weighted by Gasteiger charge is 2.09. The first-order chi connectivity index (χ1) is 9.45. The van der Waals surface area contributed by atoms with Gasteiger partial charge in [-0.15, -0.1) is 0 Å². The zero-order valence-corrected chi connectivity index (χ0v) is 12.1. The minimum absolute atomic E-state index is 0.0228. The largest absolute Gasteiger partial charge is 0.461 e. The molecule has 1 aromatic carbocycles. The predicted octanol–water partition coefficient (Wildman–Crippen LogP) is 2.60. The zero-order chi connectivity index (χ0) is 14.7. The predicted molar refractivity (Wildman–Crippen MR) is 79.2 cm³/mol. The van der Waals surface area contributed by atoms with Gasteiger partial charge in [0.05, 0.1) is 6.10 Å². The van der Waals surface area contributed by atoms with E-state index in [-0.39, 0.29) is 18.1 Å². The summed E-state index contributed by atoms with van der Waals surface area (Å²) in [6.45, 7) is 7.89. The fourth-order valence-corrected chi connectivity index (χ4v) is 1.70. The molecule has 3 N–H and O–H groups in total. The van der Waals surface area contributed by atoms with E-state index in [2.05, 4.69) is 33.3 Å². The van der Waals surface area contributed by atoms with Crippen molar-refractivity contribution in [3.63, 3.8) is 0 Å². The molecule has 2 rings (SSSR count). The van der Waals surface area contributed by atoms with Crippen molar-refractivity contribution < 1.29 is 4.74 Å². The second-order valence-corrected chi connectivity index (χ2v) is 4.84. The van der Waals surface area contributed by atoms with Gasteiger partial charge in [0.2, 0.25) is 11.9 Å². The molecule has 1 aromatic heterocycles. The van der Waals surface area contributed by atoms with Crippen LogP contribution >= 0.6 is 0 Å². The van der Waals surface area contributed by atoms with Crippen LogP contribution in [0.15, 0.2) is 18.2 Å². The number of hydrogen-bond acceptors (Lipinski definition) is 6. The van der Waals surface area contributed by atoms with Crippen molar-refractivity contribution in [3.05, 3.63) is 29.3 Å². The number of benzene rings is 1. The summed E-state index contributed by atoms with van der Waals surface area (Å²) in [6, 6.07) is 6.21. The van der Waals surface area contributed by atoms with E-state index >= 15 is 0 Å². The van der Waals surface area contributed by atoms with Crippen molar-refractivity contribution in [1.29, 1.82) is 0 Å². The van der Waals surface area contributed by atoms with Gasteiger partial charge in [-0.3, -0.25) is 0 Å². The van der Waals surface area contributed by atoms with Crippen molar-refractivity contribution in [2.24, 2.45) is 0 Å². The van der Waals surface area contributed by atoms with E-state index in [4.69, 9.17) is 10.5 Å². The van der Waals surface area contributed by atoms with Crippen molar-refractivity contribution in [3.8, 4) is 6.01 Å². The Morgan fingerprint density at radius 3 is 2.60 bits per heavy atom. The summed E-state index contributed by atoms with van der Waals surface area (Å²) >= 11 is 0. The van der Waals surface area contributed by atoms with Crippen LogP contribution in [-0.4, -0.2) is 21.1 Å². The second-order valence-electron chi connectivity index (χ2n) is 4.84. The first-order valence-electron chi connectivity index (χ1n) is 6.47. The average molecular weight is 273 g/mol. The fraction of sp³-hybridized carbons (Fsp3) is 0.357. The van der Waals surface area contributed by atoms with E-state index in [1.54, 1.807) is 0 Å². The van der Waals surface area contributed by atoms with E-state index in [1.165, 1.54) is 5.56 Å². The van der Waals surface area contributed by atoms with Gasteiger partial charge in [0, 0.05) is 5.69 Å². The normalized spacial score (nSPS) is 10.7. The van der Waals surface area contributed by atoms with Crippen LogP contribution in [0.5, 0.6) is 6.01 Å². The van der Waals surface area contributed by atoms with Gasteiger partial charge in [0.1, 0.15) is 0 Å². The second kappa shape index (κ2) is 5.73. The number of aryl methyl sites for hydroxylation is 1. The van der Waals surface area contributed by atoms with Crippen LogP contribution in [0.25, 0.3) is 0 Å². The number of nitrogens with one attached hydrogen (secondary N) is 1. The zero-order valence-electron chi connectivity index (χ0n) is 12.1. The van der Waals surface area contributed by atoms with Crippen molar-refractivity contribution in [1.82, 2.24) is 15.0 Å². The van der Waals surface area contributed by atoms with E-state index in [0.29, 0.717) is 5.95 Å². The summed E-state index contributed by atoms with van der Waals surface area (Å²) in [4.78, 5) is 12.2. The Morgan fingerprint density at radius 2 is 1.90 bits per heavy atom. The lowest BCUT2D eigenvalue weighted by atomic mass is 10.1. The van der Waals surface area contributed by atoms with Crippen LogP contribution in [-0.2, 0) is 0 Å². The molecule has 0 saturated heterocycles. The standard InChI is InChI=1S/C14H19N5O/c1-8(2)20-14-18-12(15)17-13(19-14)16-11-7-5-6-9(3)10(11)4/h5-8H,1-4H3,(H3,15,16,17,18,19). The molecule has 0 fully saturated rings. The Balaban J connectivity index is 2.29. The molecule has 1 heterocycles. The molecule has 0 aliphatic heterocycles. The number of aromatic nitrogens is 3. The third-order valence-corrected chi connectivity index (χ3v) is 2.82. The highest BCUT2D eigenvalue weighted by Crippen LogP contribution is 2.22. The molecule has 0 unspecified atom stereocenters. The summed E-state index contributed by atoms with van der Waals surface area (Å²) in [6.07, 6.45) is -0.0228. The molecule has 6 heteroatoms. The number of rotatable bonds is 4. The number of nitrogen functional groups attached to an aromatic ring is 1. The molecule has 0 saturated carbocycles. The van der Waals surface area contributed by atoms with E-state index < -0.39 is 0 Å². The summed E-state index contributed by atoms with van der Waals surface area (Å²) < 4.78 is 5.45. The molecule has 106 valence electrons. The minimum atomic E-state index is -0.0228. The maximum absolute atomic E-state index is 5.67. The molecule has 0 aliphatic carbocycles. The highest BCUT2D eigenvalue weighted by atomic mass is 16.5. The first-order valence-corrected chi connectivity index (χ1v) is 6.47. The maximum Gasteiger partial charge on any atom is 0.323 e. The molecule has 2 aromatic rings. The lowest BCUT2D eigenvalue weighted by Crippen LogP contribution is -2.12. The molecular weight excluding hydrogens is 254 g/mol. The highest BCUT2D eigenvalue weighted by molar-refractivity contribution is 5.60. The molecular formula is C14H19N5O. The van der Waals surface area contributed by atoms with Gasteiger partial charge in [-0.2, -0.15) is 15.0 Å². The Labute approximate surface area is 118 Å². The Kier molecular flexibility index (Phi) is 4.02. The molecule has 0 atom stereocenters. The lowest BCUT2D eigenvalue weighted by molar-refractivity contribution is 0.222. The van der Waals surface area contributed by atoms with Crippen molar-refractivity contribution in [2.45, 2.75) is 33.8 Å². The molecule has 0 amide bonds. The van der Waals surface area contributed by atoms with E-state index in [9.17, 15) is 0 Å². The van der Waals surface area contributed by atoms with Crippen LogP contribution < -0.4 is 15.8 Å². The first kappa shape index (κ1) is 14.0. The Morgan fingerprint density at radius 1 is 1.15 bits per heavy atom. The third kappa shape index (κ3) is 3.34. The molecule has 0 radical (unpaired) electrons. The molecule has 20 heavy (non-hydrogen) atoms. The maximum atomic E-state index is 5.67. The van der Waals surface area contributed by atoms with Crippen LogP contribution in [0.4, 0.5) is 17.6 Å². The summed E-state index contributed by atoms with van der Waals surface area (Å²) in [7, 11) is 0. The van der Waals surface area contributed by atoms with Gasteiger partial charge in [0.15, 0.2) is 0 Å². The molecule has 6 nitrogen and oxygen atoms in total. The number of hydrogen-bond donors (Lipinski definition) is 2. The summed E-state index contributed by atoms with van der Waals surface area (Å²) in [5.74, 6) is 0.505. The number of nitrogens with zero attached hydrogens (tertiary/aromatic N) is 3. The lowest BCUT2D eigenvalue weighted by Gasteiger charge is -2.12. The van der Waals surface area contributed by atoms with Crippen LogP contribution in [0.2, 0.25) is 0 Å². The quantitative estimate of drug-likeness (QED) is 0.890. The van der Waals surface area contributed by atoms with Crippen LogP contribution in [0, 0.1) is 13.8 Å². The van der Waals surface area contributed by atoms with Crippen molar-refractivity contribution in [2.75, 3.05) is 11.1 Å². The number of nitrogens with two attached hydrogens (primary N) is 1. The molecule has 0 bridgehead atoms. The van der Waals surface area contributed by atoms with Gasteiger partial charge in [-0.25, -0.2) is 0 Å². The monoisotopic (exact) mass is 273 g/mol. The topological polar surface area (TPSA) is 86.0 Å². The number of ether oxygens (including phenoxy) is 1. The van der Waals surface area contributed by atoms with E-state index in [1.807, 2.05) is 32.9 Å². The van der Waals surface area contributed by atoms with Crippen LogP contribution in [0.3, 0.4) is 0 Å². The SMILES string of the molecule is Cc1cccc(Nc2nc(N)nc(OC(C)C)n2)c1C. The van der Waals surface area contributed by atoms with Gasteiger partial charge in [-0.1, -0.05) is 12.1 Å². The summed E-state index contributed by atoms with van der Waals surface area (Å²) in [5, 5.41) is 3.15. The smallest absolute Gasteiger partial charge is 0.323 e. The third-order valence-electron chi connectivity index (χ3n) is 2.82. The van der Waals surface area contributed by atoms with Crippen molar-refractivity contribution >= 4 is 17.6 Å². The van der Waals surface area contributed by atoms with Gasteiger partial charge >= 0.3 is 6.01 Å². The van der Waals surface area contributed by atoms with Gasteiger partial charge in [-0.05, 0) is 44.9 Å². The average Bonchev–Trinajstić information content (AvgIpc) is 2.33. The summed E-state index contributed by atoms with van der Waals surface area (Å²) in [5.41, 5.74) is 8.94. The minimum Gasteiger partial charge on any atom is -0.461 e. The van der Waals surface area contributed by atoms with E-state index in [0.717, 1.165) is 11.3 Å².